The lowest BCUT2D eigenvalue weighted by Crippen LogP contribution is -2.23. The summed E-state index contributed by atoms with van der Waals surface area (Å²) in [6.07, 6.45) is 2.40. The summed E-state index contributed by atoms with van der Waals surface area (Å²) in [5.41, 5.74) is 0.983. The summed E-state index contributed by atoms with van der Waals surface area (Å²) in [6, 6.07) is 2.99. The highest BCUT2D eigenvalue weighted by molar-refractivity contribution is 5.88. The predicted molar refractivity (Wildman–Crippen MR) is 70.0 cm³/mol. The van der Waals surface area contributed by atoms with Gasteiger partial charge in [-0.2, -0.15) is 0 Å². The van der Waals surface area contributed by atoms with Crippen LogP contribution in [0.5, 0.6) is 0 Å². The Balaban J connectivity index is 2.98. The number of carboxylic acids is 1. The van der Waals surface area contributed by atoms with E-state index in [9.17, 15) is 4.79 Å². The monoisotopic (exact) mass is 252 g/mol. The molecule has 1 aromatic heterocycles. The predicted octanol–water partition coefficient (Wildman–Crippen LogP) is 1.92. The van der Waals surface area contributed by atoms with Crippen LogP contribution in [0.3, 0.4) is 0 Å². The number of aliphatic hydroxyl groups is 1. The van der Waals surface area contributed by atoms with Gasteiger partial charge in [-0.25, -0.2) is 9.78 Å². The Kier molecular flexibility index (Phi) is 5.58. The van der Waals surface area contributed by atoms with Gasteiger partial charge in [0.25, 0.3) is 0 Å². The summed E-state index contributed by atoms with van der Waals surface area (Å²) in [6.45, 7) is 3.96. The number of pyridine rings is 1. The number of carbonyl (C=O) groups is 1. The third-order valence-corrected chi connectivity index (χ3v) is 2.70. The van der Waals surface area contributed by atoms with Crippen molar-refractivity contribution < 1.29 is 15.0 Å². The van der Waals surface area contributed by atoms with Gasteiger partial charge in [-0.1, -0.05) is 20.3 Å². The molecule has 5 heteroatoms. The molecule has 0 spiro atoms. The van der Waals surface area contributed by atoms with Gasteiger partial charge in [-0.3, -0.25) is 0 Å². The second kappa shape index (κ2) is 6.96. The van der Waals surface area contributed by atoms with Gasteiger partial charge in [-0.05, 0) is 25.0 Å². The van der Waals surface area contributed by atoms with Crippen LogP contribution < -0.4 is 5.32 Å². The van der Waals surface area contributed by atoms with E-state index >= 15 is 0 Å². The first-order valence-electron chi connectivity index (χ1n) is 6.22. The average Bonchev–Trinajstić information content (AvgIpc) is 2.36. The normalized spacial score (nSPS) is 12.2. The summed E-state index contributed by atoms with van der Waals surface area (Å²) in [7, 11) is 0. The maximum Gasteiger partial charge on any atom is 0.335 e. The fourth-order valence-corrected chi connectivity index (χ4v) is 1.66. The fraction of sp³-hybridized carbons (Fsp3) is 0.538. The van der Waals surface area contributed by atoms with Gasteiger partial charge in [0, 0.05) is 5.69 Å². The molecule has 1 aromatic rings. The molecule has 0 bridgehead atoms. The van der Waals surface area contributed by atoms with Gasteiger partial charge in [0.1, 0.15) is 5.82 Å². The number of hydrogen-bond acceptors (Lipinski definition) is 4. The van der Waals surface area contributed by atoms with E-state index in [-0.39, 0.29) is 18.2 Å². The van der Waals surface area contributed by atoms with Gasteiger partial charge >= 0.3 is 5.97 Å². The number of nitrogens with zero attached hydrogens (tertiary/aromatic N) is 1. The van der Waals surface area contributed by atoms with Crippen molar-refractivity contribution in [1.82, 2.24) is 4.98 Å². The Morgan fingerprint density at radius 1 is 1.44 bits per heavy atom. The van der Waals surface area contributed by atoms with Gasteiger partial charge in [0.15, 0.2) is 0 Å². The van der Waals surface area contributed by atoms with Crippen LogP contribution in [0.2, 0.25) is 0 Å². The second-order valence-corrected chi connectivity index (χ2v) is 4.22. The molecule has 0 saturated carbocycles. The molecule has 0 aliphatic rings. The first-order chi connectivity index (χ1) is 8.60. The molecule has 0 fully saturated rings. The van der Waals surface area contributed by atoms with E-state index in [0.29, 0.717) is 5.82 Å². The standard InChI is InChI=1S/C13H20N2O3/c1-3-5-11-6-9(13(17)18)7-12(15-11)14-10(4-2)8-16/h6-7,10,16H,3-5,8H2,1-2H3,(H,14,15)(H,17,18). The van der Waals surface area contributed by atoms with Crippen molar-refractivity contribution in [1.29, 1.82) is 0 Å². The average molecular weight is 252 g/mol. The number of aromatic carboxylic acids is 1. The Morgan fingerprint density at radius 2 is 2.17 bits per heavy atom. The highest BCUT2D eigenvalue weighted by Gasteiger charge is 2.11. The maximum absolute atomic E-state index is 11.0. The molecular weight excluding hydrogens is 232 g/mol. The van der Waals surface area contributed by atoms with Gasteiger partial charge in [-0.15, -0.1) is 0 Å². The zero-order valence-corrected chi connectivity index (χ0v) is 10.8. The molecule has 1 heterocycles. The van der Waals surface area contributed by atoms with E-state index < -0.39 is 5.97 Å². The van der Waals surface area contributed by atoms with Gasteiger partial charge in [0.05, 0.1) is 18.2 Å². The Bertz CT molecular complexity index is 403. The molecule has 3 N–H and O–H groups in total. The lowest BCUT2D eigenvalue weighted by Gasteiger charge is -2.15. The molecular formula is C13H20N2O3. The minimum absolute atomic E-state index is 0.00140. The van der Waals surface area contributed by atoms with Crippen LogP contribution >= 0.6 is 0 Å². The summed E-state index contributed by atoms with van der Waals surface area (Å²) in [5, 5.41) is 21.2. The third-order valence-electron chi connectivity index (χ3n) is 2.70. The summed E-state index contributed by atoms with van der Waals surface area (Å²) in [4.78, 5) is 15.4. The summed E-state index contributed by atoms with van der Waals surface area (Å²) >= 11 is 0. The first-order valence-corrected chi connectivity index (χ1v) is 6.22. The molecule has 0 aromatic carbocycles. The SMILES string of the molecule is CCCc1cc(C(=O)O)cc(NC(CC)CO)n1. The van der Waals surface area contributed by atoms with Crippen molar-refractivity contribution in [2.24, 2.45) is 0 Å². The molecule has 1 rings (SSSR count). The van der Waals surface area contributed by atoms with Crippen molar-refractivity contribution in [2.45, 2.75) is 39.2 Å². The van der Waals surface area contributed by atoms with Crippen molar-refractivity contribution in [3.05, 3.63) is 23.4 Å². The van der Waals surface area contributed by atoms with Crippen LogP contribution in [0, 0.1) is 0 Å². The molecule has 1 unspecified atom stereocenters. The minimum atomic E-state index is -0.963. The number of aliphatic hydroxyl groups excluding tert-OH is 1. The van der Waals surface area contributed by atoms with Crippen LogP contribution in [-0.4, -0.2) is 33.8 Å². The molecule has 0 saturated heterocycles. The third kappa shape index (κ3) is 4.00. The van der Waals surface area contributed by atoms with Crippen molar-refractivity contribution >= 4 is 11.8 Å². The van der Waals surface area contributed by atoms with Crippen LogP contribution in [0.4, 0.5) is 5.82 Å². The lowest BCUT2D eigenvalue weighted by atomic mass is 10.1. The van der Waals surface area contributed by atoms with E-state index in [1.165, 1.54) is 6.07 Å². The topological polar surface area (TPSA) is 82.5 Å². The lowest BCUT2D eigenvalue weighted by molar-refractivity contribution is 0.0696. The number of hydrogen-bond donors (Lipinski definition) is 3. The fourth-order valence-electron chi connectivity index (χ4n) is 1.66. The Hall–Kier alpha value is -1.62. The van der Waals surface area contributed by atoms with Crippen LogP contribution in [0.25, 0.3) is 0 Å². The summed E-state index contributed by atoms with van der Waals surface area (Å²) < 4.78 is 0. The molecule has 0 amide bonds. The summed E-state index contributed by atoms with van der Waals surface area (Å²) in [5.74, 6) is -0.450. The molecule has 5 nitrogen and oxygen atoms in total. The van der Waals surface area contributed by atoms with Crippen LogP contribution in [-0.2, 0) is 6.42 Å². The number of aromatic nitrogens is 1. The largest absolute Gasteiger partial charge is 0.478 e. The molecule has 1 atom stereocenters. The molecule has 100 valence electrons. The smallest absolute Gasteiger partial charge is 0.335 e. The van der Waals surface area contributed by atoms with Crippen molar-refractivity contribution in [2.75, 3.05) is 11.9 Å². The molecule has 18 heavy (non-hydrogen) atoms. The van der Waals surface area contributed by atoms with Crippen LogP contribution in [0.15, 0.2) is 12.1 Å². The van der Waals surface area contributed by atoms with Crippen molar-refractivity contribution in [3.63, 3.8) is 0 Å². The molecule has 0 radical (unpaired) electrons. The van der Waals surface area contributed by atoms with E-state index in [1.54, 1.807) is 6.07 Å². The zero-order chi connectivity index (χ0) is 13.5. The Labute approximate surface area is 107 Å². The van der Waals surface area contributed by atoms with E-state index in [4.69, 9.17) is 10.2 Å². The number of anilines is 1. The van der Waals surface area contributed by atoms with E-state index in [0.717, 1.165) is 25.0 Å². The second-order valence-electron chi connectivity index (χ2n) is 4.22. The molecule has 0 aliphatic carbocycles. The van der Waals surface area contributed by atoms with E-state index in [2.05, 4.69) is 10.3 Å². The number of carboxylic acid groups (broad SMARTS) is 1. The van der Waals surface area contributed by atoms with Gasteiger partial charge in [0.2, 0.25) is 0 Å². The number of rotatable bonds is 7. The van der Waals surface area contributed by atoms with E-state index in [1.807, 2.05) is 13.8 Å². The van der Waals surface area contributed by atoms with Gasteiger partial charge < -0.3 is 15.5 Å². The van der Waals surface area contributed by atoms with Crippen molar-refractivity contribution in [3.8, 4) is 0 Å². The first kappa shape index (κ1) is 14.4. The number of nitrogens with one attached hydrogen (secondary N) is 1. The molecule has 0 aliphatic heterocycles. The quantitative estimate of drug-likeness (QED) is 0.690. The number of aryl methyl sites for hydroxylation is 1. The van der Waals surface area contributed by atoms with Crippen LogP contribution in [0.1, 0.15) is 42.7 Å². The Morgan fingerprint density at radius 3 is 2.67 bits per heavy atom. The highest BCUT2D eigenvalue weighted by Crippen LogP contribution is 2.14. The highest BCUT2D eigenvalue weighted by atomic mass is 16.4. The maximum atomic E-state index is 11.0. The minimum Gasteiger partial charge on any atom is -0.478 e. The zero-order valence-electron chi connectivity index (χ0n) is 10.8.